The molecule has 4 aromatic heterocycles. The predicted molar refractivity (Wildman–Crippen MR) is 287 cm³/mol. The van der Waals surface area contributed by atoms with Crippen LogP contribution in [-0.4, -0.2) is 39.0 Å². The maximum atomic E-state index is 5.28. The van der Waals surface area contributed by atoms with Crippen LogP contribution in [0.2, 0.25) is 0 Å². The summed E-state index contributed by atoms with van der Waals surface area (Å²) in [7, 11) is 0. The van der Waals surface area contributed by atoms with Crippen molar-refractivity contribution in [3.05, 3.63) is 230 Å². The Bertz CT molecular complexity index is 4190. The number of benzene rings is 9. The van der Waals surface area contributed by atoms with Gasteiger partial charge in [-0.25, -0.2) is 19.9 Å². The van der Waals surface area contributed by atoms with E-state index in [9.17, 15) is 0 Å². The molecule has 14 rings (SSSR count). The number of hydrogen-bond donors (Lipinski definition) is 0. The highest BCUT2D eigenvalue weighted by Crippen LogP contribution is 2.49. The summed E-state index contributed by atoms with van der Waals surface area (Å²) in [4.78, 5) is 31.2. The highest BCUT2D eigenvalue weighted by Gasteiger charge is 2.35. The molecule has 0 aliphatic heterocycles. The quantitative estimate of drug-likeness (QED) is 0.158. The summed E-state index contributed by atoms with van der Waals surface area (Å²) in [6.07, 6.45) is 0. The predicted octanol–water partition coefficient (Wildman–Crippen LogP) is 14.9. The molecule has 8 nitrogen and oxygen atoms in total. The molecule has 334 valence electrons. The lowest BCUT2D eigenvalue weighted by molar-refractivity contribution is 0.660. The molecule has 4 heterocycles. The lowest BCUT2D eigenvalue weighted by Gasteiger charge is -2.21. The molecule has 0 atom stereocenters. The fourth-order valence-electron chi connectivity index (χ4n) is 10.9. The van der Waals surface area contributed by atoms with Gasteiger partial charge >= 0.3 is 0 Å². The normalized spacial score (nSPS) is 12.8. The van der Waals surface area contributed by atoms with Gasteiger partial charge in [0.15, 0.2) is 29.1 Å². The average molecular weight is 911 g/mol. The van der Waals surface area contributed by atoms with E-state index in [1.165, 1.54) is 22.3 Å². The summed E-state index contributed by atoms with van der Waals surface area (Å²) >= 11 is 0. The maximum Gasteiger partial charge on any atom is 0.238 e. The fraction of sp³-hybridized carbons (Fsp3) is 0.0476. The van der Waals surface area contributed by atoms with Gasteiger partial charge in [0, 0.05) is 60.5 Å². The zero-order chi connectivity index (χ0) is 47.2. The smallest absolute Gasteiger partial charge is 0.238 e. The molecule has 0 saturated carbocycles. The van der Waals surface area contributed by atoms with E-state index >= 15 is 0 Å². The van der Waals surface area contributed by atoms with Crippen molar-refractivity contribution in [1.29, 1.82) is 0 Å². The van der Waals surface area contributed by atoms with Crippen LogP contribution in [0.5, 0.6) is 0 Å². The zero-order valence-electron chi connectivity index (χ0n) is 38.9. The average Bonchev–Trinajstić information content (AvgIpc) is 4.05. The molecule has 0 N–H and O–H groups in total. The molecular weight excluding hydrogens is 869 g/mol. The first-order chi connectivity index (χ1) is 35.0. The SMILES string of the molecule is CC1(C)c2ccccc2-c2cc(-c3nc(-c4ccccc4)nc(-c4cccc(-n5c6ccccc6c6c5ccc5c7ccccc7n(-c7nc(-c8ccccc8)nc(-c8ccccc8)n7)c56)c4)n3)ccc21. The number of rotatable bonds is 7. The minimum Gasteiger partial charge on any atom is -0.309 e. The second kappa shape index (κ2) is 15.8. The van der Waals surface area contributed by atoms with Crippen molar-refractivity contribution in [2.24, 2.45) is 0 Å². The summed E-state index contributed by atoms with van der Waals surface area (Å²) in [5.41, 5.74) is 14.7. The number of aromatic nitrogens is 8. The van der Waals surface area contributed by atoms with E-state index in [1.54, 1.807) is 0 Å². The largest absolute Gasteiger partial charge is 0.309 e. The number of fused-ring (bicyclic) bond motifs is 10. The third-order valence-corrected chi connectivity index (χ3v) is 14.2. The first kappa shape index (κ1) is 40.6. The minimum absolute atomic E-state index is 0.107. The van der Waals surface area contributed by atoms with E-state index in [0.717, 1.165) is 77.1 Å². The van der Waals surface area contributed by atoms with E-state index in [4.69, 9.17) is 29.9 Å². The van der Waals surface area contributed by atoms with Crippen molar-refractivity contribution >= 4 is 43.6 Å². The van der Waals surface area contributed by atoms with Crippen LogP contribution in [0.25, 0.3) is 123 Å². The van der Waals surface area contributed by atoms with Crippen molar-refractivity contribution in [2.45, 2.75) is 19.3 Å². The Morgan fingerprint density at radius 2 is 0.817 bits per heavy atom. The van der Waals surface area contributed by atoms with E-state index in [-0.39, 0.29) is 5.41 Å². The highest BCUT2D eigenvalue weighted by molar-refractivity contribution is 6.26. The topological polar surface area (TPSA) is 87.2 Å². The number of nitrogens with zero attached hydrogens (tertiary/aromatic N) is 8. The highest BCUT2D eigenvalue weighted by atomic mass is 15.2. The Hall–Kier alpha value is -9.40. The molecule has 0 unspecified atom stereocenters. The first-order valence-electron chi connectivity index (χ1n) is 24.0. The number of para-hydroxylation sites is 2. The summed E-state index contributed by atoms with van der Waals surface area (Å²) in [5.74, 6) is 3.60. The molecule has 0 saturated heterocycles. The molecule has 1 aliphatic rings. The van der Waals surface area contributed by atoms with Crippen molar-refractivity contribution in [1.82, 2.24) is 39.0 Å². The second-order valence-corrected chi connectivity index (χ2v) is 18.7. The van der Waals surface area contributed by atoms with Gasteiger partial charge in [-0.2, -0.15) is 9.97 Å². The zero-order valence-corrected chi connectivity index (χ0v) is 38.9. The summed E-state index contributed by atoms with van der Waals surface area (Å²) in [6.45, 7) is 4.61. The molecular formula is C63H42N8. The molecule has 9 aromatic carbocycles. The molecule has 13 aromatic rings. The Labute approximate surface area is 409 Å². The van der Waals surface area contributed by atoms with Gasteiger partial charge in [0.05, 0.1) is 22.1 Å². The van der Waals surface area contributed by atoms with Gasteiger partial charge in [0.25, 0.3) is 0 Å². The van der Waals surface area contributed by atoms with Crippen LogP contribution in [-0.2, 0) is 5.41 Å². The summed E-state index contributed by atoms with van der Waals surface area (Å²) < 4.78 is 4.59. The van der Waals surface area contributed by atoms with Gasteiger partial charge < -0.3 is 4.57 Å². The lowest BCUT2D eigenvalue weighted by atomic mass is 9.82. The van der Waals surface area contributed by atoms with Crippen LogP contribution in [0, 0.1) is 0 Å². The lowest BCUT2D eigenvalue weighted by Crippen LogP contribution is -2.14. The van der Waals surface area contributed by atoms with E-state index in [0.29, 0.717) is 35.1 Å². The Balaban J connectivity index is 0.977. The maximum absolute atomic E-state index is 5.28. The van der Waals surface area contributed by atoms with Crippen LogP contribution in [0.1, 0.15) is 25.0 Å². The molecule has 0 amide bonds. The molecule has 0 bridgehead atoms. The third-order valence-electron chi connectivity index (χ3n) is 14.2. The van der Waals surface area contributed by atoms with E-state index in [1.807, 2.05) is 78.9 Å². The van der Waals surface area contributed by atoms with E-state index < -0.39 is 0 Å². The van der Waals surface area contributed by atoms with Crippen LogP contribution >= 0.6 is 0 Å². The van der Waals surface area contributed by atoms with Gasteiger partial charge in [-0.05, 0) is 58.7 Å². The van der Waals surface area contributed by atoms with Gasteiger partial charge in [-0.3, -0.25) is 4.57 Å². The van der Waals surface area contributed by atoms with Crippen LogP contribution in [0.3, 0.4) is 0 Å². The Kier molecular flexibility index (Phi) is 9.06. The first-order valence-corrected chi connectivity index (χ1v) is 24.0. The molecule has 0 fully saturated rings. The van der Waals surface area contributed by atoms with Gasteiger partial charge in [-0.15, -0.1) is 0 Å². The monoisotopic (exact) mass is 910 g/mol. The standard InChI is InChI=1S/C63H42N8/c1-63(2)50-30-15-12-27-45(50)49-38-43(33-35-51(49)63)61-65-57(39-19-6-3-7-20-39)64-60(67-61)42-25-18-26-44(37-42)70-53-32-17-14-29-48(53)55-54(70)36-34-47-46-28-13-16-31-52(46)71(56(47)55)62-68-58(40-21-8-4-9-22-40)66-59(69-62)41-23-10-5-11-24-41/h3-38H,1-2H3. The van der Waals surface area contributed by atoms with Crippen LogP contribution in [0.15, 0.2) is 218 Å². The van der Waals surface area contributed by atoms with E-state index in [2.05, 4.69) is 163 Å². The molecule has 0 radical (unpaired) electrons. The van der Waals surface area contributed by atoms with Gasteiger partial charge in [0.1, 0.15) is 0 Å². The Morgan fingerprint density at radius 1 is 0.324 bits per heavy atom. The van der Waals surface area contributed by atoms with Crippen LogP contribution in [0.4, 0.5) is 0 Å². The van der Waals surface area contributed by atoms with Crippen LogP contribution < -0.4 is 0 Å². The Morgan fingerprint density at radius 3 is 1.46 bits per heavy atom. The molecule has 1 aliphatic carbocycles. The van der Waals surface area contributed by atoms with Crippen molar-refractivity contribution in [3.8, 4) is 79.7 Å². The van der Waals surface area contributed by atoms with Gasteiger partial charge in [0.2, 0.25) is 5.95 Å². The number of hydrogen-bond acceptors (Lipinski definition) is 6. The fourth-order valence-corrected chi connectivity index (χ4v) is 10.9. The summed E-state index contributed by atoms with van der Waals surface area (Å²) in [6, 6.07) is 76.1. The molecule has 0 spiro atoms. The minimum atomic E-state index is -0.107. The van der Waals surface area contributed by atoms with Crippen molar-refractivity contribution in [2.75, 3.05) is 0 Å². The molecule has 8 heteroatoms. The second-order valence-electron chi connectivity index (χ2n) is 18.7. The summed E-state index contributed by atoms with van der Waals surface area (Å²) in [5, 5.41) is 4.43. The third kappa shape index (κ3) is 6.45. The van der Waals surface area contributed by atoms with Crippen molar-refractivity contribution < 1.29 is 0 Å². The van der Waals surface area contributed by atoms with Crippen molar-refractivity contribution in [3.63, 3.8) is 0 Å². The van der Waals surface area contributed by atoms with Gasteiger partial charge in [-0.1, -0.05) is 196 Å². The molecule has 71 heavy (non-hydrogen) atoms.